The van der Waals surface area contributed by atoms with E-state index in [0.717, 1.165) is 10.2 Å². The summed E-state index contributed by atoms with van der Waals surface area (Å²) < 4.78 is 10.9. The van der Waals surface area contributed by atoms with Crippen LogP contribution in [-0.4, -0.2) is 20.1 Å². The summed E-state index contributed by atoms with van der Waals surface area (Å²) in [6.45, 7) is 0. The maximum Gasteiger partial charge on any atom is 0.255 e. The van der Waals surface area contributed by atoms with Crippen molar-refractivity contribution < 1.29 is 14.3 Å². The molecule has 0 unspecified atom stereocenters. The van der Waals surface area contributed by atoms with Crippen molar-refractivity contribution >= 4 is 27.5 Å². The van der Waals surface area contributed by atoms with Crippen molar-refractivity contribution in [1.29, 1.82) is 0 Å². The Morgan fingerprint density at radius 1 is 1.05 bits per heavy atom. The van der Waals surface area contributed by atoms with Gasteiger partial charge < -0.3 is 14.8 Å². The van der Waals surface area contributed by atoms with Crippen LogP contribution in [0, 0.1) is 0 Å². The van der Waals surface area contributed by atoms with E-state index in [4.69, 9.17) is 9.47 Å². The number of anilines is 1. The zero-order valence-corrected chi connectivity index (χ0v) is 12.7. The Morgan fingerprint density at radius 3 is 2.30 bits per heavy atom. The maximum absolute atomic E-state index is 12.1. The fraction of sp³-hybridized carbons (Fsp3) is 0.133. The quantitative estimate of drug-likeness (QED) is 0.926. The lowest BCUT2D eigenvalue weighted by atomic mass is 10.2. The molecule has 0 bridgehead atoms. The molecule has 0 heterocycles. The number of halogens is 1. The zero-order valence-electron chi connectivity index (χ0n) is 11.1. The van der Waals surface area contributed by atoms with E-state index in [1.165, 1.54) is 0 Å². The Kier molecular flexibility index (Phi) is 4.63. The second kappa shape index (κ2) is 6.43. The third-order valence-electron chi connectivity index (χ3n) is 2.76. The number of benzene rings is 2. The van der Waals surface area contributed by atoms with Gasteiger partial charge in [-0.25, -0.2) is 0 Å². The van der Waals surface area contributed by atoms with Crippen LogP contribution in [0.1, 0.15) is 10.4 Å². The number of ether oxygens (including phenoxy) is 2. The molecule has 0 aliphatic rings. The highest BCUT2D eigenvalue weighted by Gasteiger charge is 2.09. The minimum Gasteiger partial charge on any atom is -0.497 e. The lowest BCUT2D eigenvalue weighted by Gasteiger charge is -2.08. The molecule has 0 radical (unpaired) electrons. The number of hydrogen-bond acceptors (Lipinski definition) is 3. The fourth-order valence-corrected chi connectivity index (χ4v) is 2.23. The molecule has 5 heteroatoms. The molecule has 0 saturated carbocycles. The second-order valence-corrected chi connectivity index (χ2v) is 4.89. The van der Waals surface area contributed by atoms with E-state index < -0.39 is 0 Å². The molecular weight excluding hydrogens is 322 g/mol. The van der Waals surface area contributed by atoms with Crippen molar-refractivity contribution in [3.05, 3.63) is 52.5 Å². The predicted octanol–water partition coefficient (Wildman–Crippen LogP) is 3.72. The first-order valence-electron chi connectivity index (χ1n) is 5.93. The monoisotopic (exact) mass is 335 g/mol. The summed E-state index contributed by atoms with van der Waals surface area (Å²) in [7, 11) is 3.18. The molecule has 2 aromatic carbocycles. The van der Waals surface area contributed by atoms with Crippen LogP contribution in [0.3, 0.4) is 0 Å². The van der Waals surface area contributed by atoms with Gasteiger partial charge in [0.2, 0.25) is 0 Å². The topological polar surface area (TPSA) is 47.6 Å². The normalized spacial score (nSPS) is 9.95. The second-order valence-electron chi connectivity index (χ2n) is 4.03. The van der Waals surface area contributed by atoms with Gasteiger partial charge in [0.25, 0.3) is 5.91 Å². The van der Waals surface area contributed by atoms with Gasteiger partial charge in [-0.1, -0.05) is 0 Å². The van der Waals surface area contributed by atoms with Crippen LogP contribution in [0.15, 0.2) is 46.9 Å². The minimum atomic E-state index is -0.182. The fourth-order valence-electron chi connectivity index (χ4n) is 1.69. The number of rotatable bonds is 4. The van der Waals surface area contributed by atoms with Gasteiger partial charge in [0.1, 0.15) is 11.5 Å². The van der Waals surface area contributed by atoms with E-state index in [1.807, 2.05) is 0 Å². The van der Waals surface area contributed by atoms with Crippen molar-refractivity contribution in [3.8, 4) is 11.5 Å². The molecule has 0 aliphatic heterocycles. The van der Waals surface area contributed by atoms with Crippen LogP contribution in [0.4, 0.5) is 5.69 Å². The summed E-state index contributed by atoms with van der Waals surface area (Å²) in [5.74, 6) is 1.25. The van der Waals surface area contributed by atoms with Gasteiger partial charge in [0.15, 0.2) is 0 Å². The SMILES string of the molecule is COc1ccc(NC(=O)c2ccc(OC)c(Br)c2)cc1. The molecule has 0 aliphatic carbocycles. The summed E-state index contributed by atoms with van der Waals surface area (Å²) in [5.41, 5.74) is 1.26. The molecule has 0 fully saturated rings. The van der Waals surface area contributed by atoms with Crippen LogP contribution < -0.4 is 14.8 Å². The number of carbonyl (C=O) groups excluding carboxylic acids is 1. The van der Waals surface area contributed by atoms with E-state index in [1.54, 1.807) is 56.7 Å². The molecule has 4 nitrogen and oxygen atoms in total. The van der Waals surface area contributed by atoms with Gasteiger partial charge in [0.05, 0.1) is 18.7 Å². The first kappa shape index (κ1) is 14.4. The first-order valence-corrected chi connectivity index (χ1v) is 6.72. The summed E-state index contributed by atoms with van der Waals surface area (Å²) in [5, 5.41) is 2.82. The first-order chi connectivity index (χ1) is 9.63. The smallest absolute Gasteiger partial charge is 0.255 e. The summed E-state index contributed by atoms with van der Waals surface area (Å²) in [6.07, 6.45) is 0. The largest absolute Gasteiger partial charge is 0.497 e. The van der Waals surface area contributed by atoms with Gasteiger partial charge in [-0.3, -0.25) is 4.79 Å². The molecule has 2 rings (SSSR count). The number of hydrogen-bond donors (Lipinski definition) is 1. The van der Waals surface area contributed by atoms with Crippen molar-refractivity contribution in [1.82, 2.24) is 0 Å². The van der Waals surface area contributed by atoms with Crippen molar-refractivity contribution in [2.24, 2.45) is 0 Å². The Balaban J connectivity index is 2.12. The van der Waals surface area contributed by atoms with Crippen LogP contribution in [0.5, 0.6) is 11.5 Å². The van der Waals surface area contributed by atoms with E-state index in [9.17, 15) is 4.79 Å². The lowest BCUT2D eigenvalue weighted by Crippen LogP contribution is -2.11. The van der Waals surface area contributed by atoms with Gasteiger partial charge in [-0.15, -0.1) is 0 Å². The number of amides is 1. The molecule has 1 amide bonds. The summed E-state index contributed by atoms with van der Waals surface area (Å²) >= 11 is 3.36. The molecule has 20 heavy (non-hydrogen) atoms. The van der Waals surface area contributed by atoms with E-state index in [0.29, 0.717) is 17.0 Å². The van der Waals surface area contributed by atoms with Crippen molar-refractivity contribution in [3.63, 3.8) is 0 Å². The molecule has 0 spiro atoms. The minimum absolute atomic E-state index is 0.182. The highest BCUT2D eigenvalue weighted by molar-refractivity contribution is 9.10. The van der Waals surface area contributed by atoms with Gasteiger partial charge in [-0.2, -0.15) is 0 Å². The maximum atomic E-state index is 12.1. The molecule has 2 aromatic rings. The highest BCUT2D eigenvalue weighted by atomic mass is 79.9. The van der Waals surface area contributed by atoms with Crippen molar-refractivity contribution in [2.75, 3.05) is 19.5 Å². The number of methoxy groups -OCH3 is 2. The Bertz CT molecular complexity index is 611. The van der Waals surface area contributed by atoms with E-state index in [2.05, 4.69) is 21.2 Å². The molecule has 0 saturated heterocycles. The van der Waals surface area contributed by atoms with Gasteiger partial charge >= 0.3 is 0 Å². The average molecular weight is 336 g/mol. The Morgan fingerprint density at radius 2 is 1.75 bits per heavy atom. The standard InChI is InChI=1S/C15H14BrNO3/c1-19-12-6-4-11(5-7-12)17-15(18)10-3-8-14(20-2)13(16)9-10/h3-9H,1-2H3,(H,17,18). The third kappa shape index (κ3) is 3.30. The number of nitrogens with one attached hydrogen (secondary N) is 1. The Labute approximate surface area is 125 Å². The summed E-state index contributed by atoms with van der Waals surface area (Å²) in [6, 6.07) is 12.3. The van der Waals surface area contributed by atoms with Crippen LogP contribution in [-0.2, 0) is 0 Å². The van der Waals surface area contributed by atoms with Crippen LogP contribution >= 0.6 is 15.9 Å². The van der Waals surface area contributed by atoms with Gasteiger partial charge in [-0.05, 0) is 58.4 Å². The average Bonchev–Trinajstić information content (AvgIpc) is 2.48. The van der Waals surface area contributed by atoms with Gasteiger partial charge in [0, 0.05) is 11.3 Å². The van der Waals surface area contributed by atoms with Crippen LogP contribution in [0.2, 0.25) is 0 Å². The van der Waals surface area contributed by atoms with Crippen LogP contribution in [0.25, 0.3) is 0 Å². The lowest BCUT2D eigenvalue weighted by molar-refractivity contribution is 0.102. The molecule has 104 valence electrons. The molecule has 0 atom stereocenters. The molecule has 1 N–H and O–H groups in total. The third-order valence-corrected chi connectivity index (χ3v) is 3.38. The van der Waals surface area contributed by atoms with Crippen molar-refractivity contribution in [2.45, 2.75) is 0 Å². The Hall–Kier alpha value is -2.01. The predicted molar refractivity (Wildman–Crippen MR) is 81.6 cm³/mol. The highest BCUT2D eigenvalue weighted by Crippen LogP contribution is 2.26. The molecular formula is C15H14BrNO3. The van der Waals surface area contributed by atoms with E-state index >= 15 is 0 Å². The molecule has 0 aromatic heterocycles. The summed E-state index contributed by atoms with van der Waals surface area (Å²) in [4.78, 5) is 12.1. The number of carbonyl (C=O) groups is 1. The zero-order chi connectivity index (χ0) is 14.5. The van der Waals surface area contributed by atoms with E-state index in [-0.39, 0.29) is 5.91 Å².